The van der Waals surface area contributed by atoms with E-state index in [-0.39, 0.29) is 25.0 Å². The van der Waals surface area contributed by atoms with Crippen molar-refractivity contribution >= 4 is 33.7 Å². The van der Waals surface area contributed by atoms with Crippen LogP contribution in [-0.4, -0.2) is 72.3 Å². The number of rotatable bonds is 16. The lowest BCUT2D eigenvalue weighted by molar-refractivity contribution is -0.130. The third-order valence-corrected chi connectivity index (χ3v) is 7.09. The van der Waals surface area contributed by atoms with Gasteiger partial charge < -0.3 is 32.1 Å². The Hall–Kier alpha value is -4.01. The lowest BCUT2D eigenvalue weighted by atomic mass is 10.0. The molecule has 2 aromatic carbocycles. The van der Waals surface area contributed by atoms with Gasteiger partial charge in [-0.15, -0.1) is 0 Å². The predicted molar refractivity (Wildman–Crippen MR) is 151 cm³/mol. The van der Waals surface area contributed by atoms with Crippen molar-refractivity contribution in [1.29, 1.82) is 0 Å². The van der Waals surface area contributed by atoms with Crippen molar-refractivity contribution in [2.45, 2.75) is 56.5 Å². The molecule has 0 saturated heterocycles. The molecular weight excluding hydrogens is 554 g/mol. The lowest BCUT2D eigenvalue weighted by Gasteiger charge is -2.22. The van der Waals surface area contributed by atoms with Gasteiger partial charge in [-0.05, 0) is 36.1 Å². The van der Waals surface area contributed by atoms with Gasteiger partial charge in [0, 0.05) is 6.42 Å². The molecule has 0 aliphatic carbocycles. The molecule has 0 saturated carbocycles. The van der Waals surface area contributed by atoms with Crippen molar-refractivity contribution in [2.75, 3.05) is 13.1 Å². The van der Waals surface area contributed by atoms with Gasteiger partial charge >= 0.3 is 0 Å². The second kappa shape index (κ2) is 16.3. The Morgan fingerprint density at radius 1 is 0.829 bits per heavy atom. The summed E-state index contributed by atoms with van der Waals surface area (Å²) in [7, 11) is -4.58. The predicted octanol–water partition coefficient (Wildman–Crippen LogP) is -0.258. The number of carbonyl (C=O) groups excluding carboxylic acids is 4. The summed E-state index contributed by atoms with van der Waals surface area (Å²) >= 11 is 0. The van der Waals surface area contributed by atoms with E-state index in [1.807, 2.05) is 6.92 Å². The first-order chi connectivity index (χ1) is 19.4. The lowest BCUT2D eigenvalue weighted by Crippen LogP contribution is -2.54. The normalized spacial score (nSPS) is 13.3. The van der Waals surface area contributed by atoms with Crippen molar-refractivity contribution in [3.8, 4) is 5.75 Å². The maximum atomic E-state index is 13.0. The van der Waals surface area contributed by atoms with Gasteiger partial charge in [0.2, 0.25) is 23.6 Å². The number of carbonyl (C=O) groups is 4. The molecule has 0 heterocycles. The van der Waals surface area contributed by atoms with E-state index in [0.717, 1.165) is 0 Å². The molecule has 0 fully saturated rings. The summed E-state index contributed by atoms with van der Waals surface area (Å²) in [5.41, 5.74) is 7.27. The van der Waals surface area contributed by atoms with E-state index >= 15 is 0 Å². The van der Waals surface area contributed by atoms with Crippen LogP contribution in [0, 0.1) is 0 Å². The number of aromatic hydroxyl groups is 1. The third-order valence-electron chi connectivity index (χ3n) is 6.02. The maximum Gasteiger partial charge on any atom is 0.286 e. The van der Waals surface area contributed by atoms with Crippen LogP contribution in [0.3, 0.4) is 0 Å². The number of nitrogens with two attached hydrogens (primary N) is 1. The van der Waals surface area contributed by atoms with Gasteiger partial charge in [0.15, 0.2) is 5.37 Å². The highest BCUT2D eigenvalue weighted by atomic mass is 32.2. The fraction of sp³-hybridized carbons (Fsp3) is 0.407. The first-order valence-corrected chi connectivity index (χ1v) is 14.6. The van der Waals surface area contributed by atoms with Crippen LogP contribution in [0.5, 0.6) is 5.75 Å². The zero-order chi connectivity index (χ0) is 30.4. The molecule has 41 heavy (non-hydrogen) atoms. The van der Waals surface area contributed by atoms with E-state index < -0.39 is 64.3 Å². The van der Waals surface area contributed by atoms with Crippen LogP contribution in [-0.2, 0) is 42.1 Å². The van der Waals surface area contributed by atoms with Crippen LogP contribution in [0.1, 0.15) is 37.3 Å². The van der Waals surface area contributed by atoms with Crippen molar-refractivity contribution in [1.82, 2.24) is 21.3 Å². The molecule has 0 spiro atoms. The zero-order valence-electron chi connectivity index (χ0n) is 22.7. The average Bonchev–Trinajstić information content (AvgIpc) is 2.93. The maximum absolute atomic E-state index is 13.0. The fourth-order valence-electron chi connectivity index (χ4n) is 3.77. The largest absolute Gasteiger partial charge is 0.508 e. The Morgan fingerprint density at radius 2 is 1.44 bits per heavy atom. The van der Waals surface area contributed by atoms with Gasteiger partial charge in [-0.2, -0.15) is 8.42 Å². The Kier molecular flexibility index (Phi) is 13.2. The number of nitrogens with one attached hydrogen (secondary N) is 4. The molecule has 13 nitrogen and oxygen atoms in total. The Balaban J connectivity index is 1.91. The molecule has 224 valence electrons. The molecule has 0 aliphatic heterocycles. The molecule has 0 radical (unpaired) electrons. The van der Waals surface area contributed by atoms with E-state index in [1.165, 1.54) is 12.1 Å². The van der Waals surface area contributed by atoms with Crippen molar-refractivity contribution in [3.63, 3.8) is 0 Å². The Labute approximate surface area is 239 Å². The number of hydrogen-bond acceptors (Lipinski definition) is 8. The van der Waals surface area contributed by atoms with E-state index in [4.69, 9.17) is 5.73 Å². The number of phenols is 1. The molecule has 8 N–H and O–H groups in total. The van der Waals surface area contributed by atoms with Crippen LogP contribution in [0.25, 0.3) is 0 Å². The molecular formula is C27H37N5O8S. The van der Waals surface area contributed by atoms with E-state index in [9.17, 15) is 37.3 Å². The number of unbranched alkanes of at least 4 members (excludes halogenated alkanes) is 1. The standard InChI is InChI=1S/C27H37N5O8S/c1-2-3-9-25(41(38,39)40)32-27(37)22(15-18-7-5-4-6-8-18)31-24(35)17-29-23(34)16-30-26(36)21(28)14-19-10-12-20(33)13-11-19/h4-8,10-13,21-22,25,33H,2-3,9,14-17,28H2,1H3,(H,29,34)(H,30,36)(H,31,35)(H,32,37)(H,38,39,40)/t21-,22-,25?/m0/s1. The summed E-state index contributed by atoms with van der Waals surface area (Å²) in [6.45, 7) is 0.856. The highest BCUT2D eigenvalue weighted by Crippen LogP contribution is 2.11. The minimum atomic E-state index is -4.58. The average molecular weight is 592 g/mol. The van der Waals surface area contributed by atoms with Crippen LogP contribution in [0.2, 0.25) is 0 Å². The van der Waals surface area contributed by atoms with Gasteiger partial charge in [-0.3, -0.25) is 23.7 Å². The second-order valence-electron chi connectivity index (χ2n) is 9.44. The molecule has 0 bridgehead atoms. The molecule has 0 aliphatic rings. The summed E-state index contributed by atoms with van der Waals surface area (Å²) in [5.74, 6) is -2.74. The van der Waals surface area contributed by atoms with Gasteiger partial charge in [0.05, 0.1) is 19.1 Å². The van der Waals surface area contributed by atoms with Crippen LogP contribution in [0.15, 0.2) is 54.6 Å². The van der Waals surface area contributed by atoms with E-state index in [1.54, 1.807) is 42.5 Å². The summed E-state index contributed by atoms with van der Waals surface area (Å²) < 4.78 is 33.1. The fourth-order valence-corrected chi connectivity index (χ4v) is 4.50. The smallest absolute Gasteiger partial charge is 0.286 e. The topological polar surface area (TPSA) is 217 Å². The number of hydrogen-bond donors (Lipinski definition) is 7. The van der Waals surface area contributed by atoms with Crippen LogP contribution in [0.4, 0.5) is 0 Å². The SMILES string of the molecule is CCCCC(NC(=O)[C@H](Cc1ccccc1)NC(=O)CNC(=O)CNC(=O)[C@@H](N)Cc1ccc(O)cc1)S(=O)(=O)O. The highest BCUT2D eigenvalue weighted by Gasteiger charge is 2.29. The summed E-state index contributed by atoms with van der Waals surface area (Å²) in [6.07, 6.45) is 1.26. The van der Waals surface area contributed by atoms with Crippen molar-refractivity contribution in [3.05, 3.63) is 65.7 Å². The van der Waals surface area contributed by atoms with Crippen LogP contribution >= 0.6 is 0 Å². The zero-order valence-corrected chi connectivity index (χ0v) is 23.5. The minimum Gasteiger partial charge on any atom is -0.508 e. The summed E-state index contributed by atoms with van der Waals surface area (Å²) in [6, 6.07) is 12.7. The van der Waals surface area contributed by atoms with Gasteiger partial charge in [0.25, 0.3) is 10.1 Å². The minimum absolute atomic E-state index is 0.00650. The quantitative estimate of drug-likeness (QED) is 0.128. The number of amides is 4. The van der Waals surface area contributed by atoms with Crippen molar-refractivity contribution in [2.24, 2.45) is 5.73 Å². The van der Waals surface area contributed by atoms with E-state index in [0.29, 0.717) is 24.0 Å². The Morgan fingerprint density at radius 3 is 2.05 bits per heavy atom. The summed E-state index contributed by atoms with van der Waals surface area (Å²) in [5, 5.41) is 17.3. The van der Waals surface area contributed by atoms with Crippen LogP contribution < -0.4 is 27.0 Å². The van der Waals surface area contributed by atoms with Gasteiger partial charge in [0.1, 0.15) is 11.8 Å². The number of phenolic OH excluding ortho intramolecular Hbond substituents is 1. The molecule has 2 rings (SSSR count). The third kappa shape index (κ3) is 12.4. The second-order valence-corrected chi connectivity index (χ2v) is 11.0. The molecule has 2 aromatic rings. The molecule has 4 amide bonds. The highest BCUT2D eigenvalue weighted by molar-refractivity contribution is 7.86. The van der Waals surface area contributed by atoms with Crippen molar-refractivity contribution < 1.29 is 37.3 Å². The molecule has 14 heteroatoms. The van der Waals surface area contributed by atoms with Gasteiger partial charge in [-0.25, -0.2) is 0 Å². The molecule has 1 unspecified atom stereocenters. The van der Waals surface area contributed by atoms with E-state index in [2.05, 4.69) is 21.3 Å². The van der Waals surface area contributed by atoms with Gasteiger partial charge in [-0.1, -0.05) is 62.2 Å². The monoisotopic (exact) mass is 591 g/mol. The first kappa shape index (κ1) is 33.2. The molecule has 0 aromatic heterocycles. The first-order valence-electron chi connectivity index (χ1n) is 13.1. The summed E-state index contributed by atoms with van der Waals surface area (Å²) in [4.78, 5) is 50.0. The number of benzene rings is 2. The Bertz CT molecular complexity index is 1270. The molecule has 3 atom stereocenters.